The molecule has 8 heteroatoms. The zero-order valence-corrected chi connectivity index (χ0v) is 12.8. The van der Waals surface area contributed by atoms with Crippen molar-refractivity contribution in [1.29, 1.82) is 0 Å². The second kappa shape index (κ2) is 6.66. The van der Waals surface area contributed by atoms with Gasteiger partial charge in [-0.3, -0.25) is 5.10 Å². The maximum atomic E-state index is 12.3. The van der Waals surface area contributed by atoms with E-state index in [2.05, 4.69) is 32.2 Å². The van der Waals surface area contributed by atoms with Crippen LogP contribution in [-0.2, 0) is 16.6 Å². The largest absolute Gasteiger partial charge is 0.316 e. The van der Waals surface area contributed by atoms with Gasteiger partial charge in [0.15, 0.2) is 5.03 Å². The molecule has 1 aliphatic heterocycles. The summed E-state index contributed by atoms with van der Waals surface area (Å²) in [5, 5.41) is 9.50. The van der Waals surface area contributed by atoms with Gasteiger partial charge in [-0.2, -0.15) is 5.10 Å². The summed E-state index contributed by atoms with van der Waals surface area (Å²) in [5.74, 6) is 0.374. The molecule has 0 spiro atoms. The Morgan fingerprint density at radius 2 is 2.35 bits per heavy atom. The molecule has 20 heavy (non-hydrogen) atoms. The summed E-state index contributed by atoms with van der Waals surface area (Å²) in [5.41, 5.74) is 0.653. The first kappa shape index (κ1) is 15.4. The molecule has 114 valence electrons. The number of aromatic nitrogens is 2. The number of nitrogens with one attached hydrogen (secondary N) is 3. The highest BCUT2D eigenvalue weighted by Crippen LogP contribution is 2.16. The second-order valence-electron chi connectivity index (χ2n) is 5.38. The molecule has 1 unspecified atom stereocenters. The quantitative estimate of drug-likeness (QED) is 0.674. The minimum absolute atomic E-state index is 0.163. The first-order valence-corrected chi connectivity index (χ1v) is 8.36. The number of aromatic amines is 1. The summed E-state index contributed by atoms with van der Waals surface area (Å²) in [4.78, 5) is 2.24. The number of likely N-dealkylation sites (tertiary alicyclic amines) is 1. The van der Waals surface area contributed by atoms with Gasteiger partial charge >= 0.3 is 0 Å². The van der Waals surface area contributed by atoms with Crippen LogP contribution in [0.15, 0.2) is 11.2 Å². The van der Waals surface area contributed by atoms with E-state index < -0.39 is 10.0 Å². The minimum Gasteiger partial charge on any atom is -0.316 e. The standard InChI is InChI=1S/C12H23N5O2S/c1-13-7-11-8-14-16-12(11)20(18,19)15-6-10-4-3-5-17(2)9-10/h8,10,13,15H,3-7,9H2,1-2H3,(H,14,16). The van der Waals surface area contributed by atoms with Crippen LogP contribution in [-0.4, -0.2) is 57.2 Å². The highest BCUT2D eigenvalue weighted by molar-refractivity contribution is 7.89. The summed E-state index contributed by atoms with van der Waals surface area (Å²) < 4.78 is 27.3. The number of H-pyrrole nitrogens is 1. The topological polar surface area (TPSA) is 90.1 Å². The highest BCUT2D eigenvalue weighted by atomic mass is 32.2. The Labute approximate surface area is 120 Å². The minimum atomic E-state index is -3.51. The molecule has 1 atom stereocenters. The van der Waals surface area contributed by atoms with Crippen LogP contribution in [0.4, 0.5) is 0 Å². The Hall–Kier alpha value is -0.960. The van der Waals surface area contributed by atoms with E-state index in [1.807, 2.05) is 0 Å². The van der Waals surface area contributed by atoms with Gasteiger partial charge in [0.05, 0.1) is 6.20 Å². The van der Waals surface area contributed by atoms with Crippen molar-refractivity contribution in [3.05, 3.63) is 11.8 Å². The summed E-state index contributed by atoms with van der Waals surface area (Å²) in [6.45, 7) is 2.98. The molecule has 2 rings (SSSR count). The van der Waals surface area contributed by atoms with E-state index in [-0.39, 0.29) is 5.03 Å². The Morgan fingerprint density at radius 3 is 3.05 bits per heavy atom. The van der Waals surface area contributed by atoms with Crippen LogP contribution in [0.2, 0.25) is 0 Å². The monoisotopic (exact) mass is 301 g/mol. The first-order chi connectivity index (χ1) is 9.53. The second-order valence-corrected chi connectivity index (χ2v) is 7.08. The predicted octanol–water partition coefficient (Wildman–Crippen LogP) is -0.251. The Kier molecular flexibility index (Phi) is 5.14. The zero-order valence-electron chi connectivity index (χ0n) is 12.0. The summed E-state index contributed by atoms with van der Waals surface area (Å²) in [6, 6.07) is 0. The van der Waals surface area contributed by atoms with E-state index in [4.69, 9.17) is 0 Å². The van der Waals surface area contributed by atoms with Crippen molar-refractivity contribution in [2.24, 2.45) is 5.92 Å². The average molecular weight is 301 g/mol. The van der Waals surface area contributed by atoms with E-state index >= 15 is 0 Å². The van der Waals surface area contributed by atoms with Crippen LogP contribution < -0.4 is 10.0 Å². The van der Waals surface area contributed by atoms with Crippen LogP contribution in [0.5, 0.6) is 0 Å². The molecule has 0 aromatic carbocycles. The number of hydrogen-bond acceptors (Lipinski definition) is 5. The number of hydrogen-bond donors (Lipinski definition) is 3. The molecule has 7 nitrogen and oxygen atoms in total. The van der Waals surface area contributed by atoms with E-state index in [0.717, 1.165) is 25.9 Å². The fourth-order valence-electron chi connectivity index (χ4n) is 2.59. The number of nitrogens with zero attached hydrogens (tertiary/aromatic N) is 2. The third-order valence-corrected chi connectivity index (χ3v) is 5.04. The van der Waals surface area contributed by atoms with Crippen molar-refractivity contribution >= 4 is 10.0 Å². The molecule has 0 amide bonds. The number of rotatable bonds is 6. The number of piperidine rings is 1. The molecular weight excluding hydrogens is 278 g/mol. The molecule has 2 heterocycles. The molecule has 1 aromatic heterocycles. The van der Waals surface area contributed by atoms with Crippen LogP contribution in [0, 0.1) is 5.92 Å². The third kappa shape index (κ3) is 3.78. The molecule has 0 saturated carbocycles. The molecule has 0 bridgehead atoms. The summed E-state index contributed by atoms with van der Waals surface area (Å²) in [6.07, 6.45) is 3.73. The van der Waals surface area contributed by atoms with Crippen molar-refractivity contribution < 1.29 is 8.42 Å². The van der Waals surface area contributed by atoms with E-state index in [1.54, 1.807) is 13.2 Å². The van der Waals surface area contributed by atoms with Crippen molar-refractivity contribution in [1.82, 2.24) is 25.1 Å². The van der Waals surface area contributed by atoms with Crippen molar-refractivity contribution in [3.8, 4) is 0 Å². The van der Waals surface area contributed by atoms with Gasteiger partial charge in [-0.15, -0.1) is 0 Å². The lowest BCUT2D eigenvalue weighted by Crippen LogP contribution is -2.39. The fraction of sp³-hybridized carbons (Fsp3) is 0.750. The molecule has 1 aliphatic rings. The van der Waals surface area contributed by atoms with Crippen molar-refractivity contribution in [2.75, 3.05) is 33.7 Å². The smallest absolute Gasteiger partial charge is 0.257 e. The number of sulfonamides is 1. The van der Waals surface area contributed by atoms with Gasteiger partial charge in [0, 0.05) is 25.2 Å². The Morgan fingerprint density at radius 1 is 1.55 bits per heavy atom. The normalized spacial score (nSPS) is 21.2. The molecular formula is C12H23N5O2S. The lowest BCUT2D eigenvalue weighted by atomic mass is 9.99. The Bertz CT molecular complexity index is 528. The van der Waals surface area contributed by atoms with E-state index in [1.165, 1.54) is 0 Å². The van der Waals surface area contributed by atoms with Gasteiger partial charge in [-0.1, -0.05) is 0 Å². The SMILES string of the molecule is CNCc1cn[nH]c1S(=O)(=O)NCC1CCCN(C)C1. The van der Waals surface area contributed by atoms with Gasteiger partial charge in [-0.25, -0.2) is 13.1 Å². The molecule has 3 N–H and O–H groups in total. The molecule has 0 radical (unpaired) electrons. The molecule has 1 saturated heterocycles. The molecule has 1 fully saturated rings. The van der Waals surface area contributed by atoms with Crippen LogP contribution in [0.3, 0.4) is 0 Å². The van der Waals surface area contributed by atoms with Crippen LogP contribution in [0.25, 0.3) is 0 Å². The van der Waals surface area contributed by atoms with Crippen molar-refractivity contribution in [3.63, 3.8) is 0 Å². The maximum Gasteiger partial charge on any atom is 0.257 e. The van der Waals surface area contributed by atoms with E-state index in [9.17, 15) is 8.42 Å². The van der Waals surface area contributed by atoms with Gasteiger partial charge in [0.25, 0.3) is 10.0 Å². The van der Waals surface area contributed by atoms with Crippen LogP contribution in [0.1, 0.15) is 18.4 Å². The van der Waals surface area contributed by atoms with Gasteiger partial charge in [0.1, 0.15) is 0 Å². The van der Waals surface area contributed by atoms with E-state index in [0.29, 0.717) is 24.6 Å². The van der Waals surface area contributed by atoms with Gasteiger partial charge in [0.2, 0.25) is 0 Å². The molecule has 0 aliphatic carbocycles. The van der Waals surface area contributed by atoms with Gasteiger partial charge in [-0.05, 0) is 39.4 Å². The Balaban J connectivity index is 1.98. The maximum absolute atomic E-state index is 12.3. The highest BCUT2D eigenvalue weighted by Gasteiger charge is 2.23. The third-order valence-electron chi connectivity index (χ3n) is 3.60. The lowest BCUT2D eigenvalue weighted by Gasteiger charge is -2.29. The van der Waals surface area contributed by atoms with Crippen LogP contribution >= 0.6 is 0 Å². The zero-order chi connectivity index (χ0) is 14.6. The lowest BCUT2D eigenvalue weighted by molar-refractivity contribution is 0.211. The van der Waals surface area contributed by atoms with Gasteiger partial charge < -0.3 is 10.2 Å². The average Bonchev–Trinajstić information content (AvgIpc) is 2.86. The summed E-state index contributed by atoms with van der Waals surface area (Å²) >= 11 is 0. The fourth-order valence-corrected chi connectivity index (χ4v) is 3.83. The molecule has 1 aromatic rings. The van der Waals surface area contributed by atoms with Crippen molar-refractivity contribution in [2.45, 2.75) is 24.4 Å². The predicted molar refractivity (Wildman–Crippen MR) is 76.8 cm³/mol. The summed E-state index contributed by atoms with van der Waals surface area (Å²) in [7, 11) is 0.329. The first-order valence-electron chi connectivity index (χ1n) is 6.88.